The Morgan fingerprint density at radius 2 is 1.90 bits per heavy atom. The Hall–Kier alpha value is -5.13. The maximum absolute atomic E-state index is 12.4. The van der Waals surface area contributed by atoms with Crippen LogP contribution in [0.2, 0.25) is 0 Å². The van der Waals surface area contributed by atoms with Crippen LogP contribution in [-0.4, -0.2) is 71.0 Å². The molecule has 1 N–H and O–H groups in total. The highest BCUT2D eigenvalue weighted by Crippen LogP contribution is 2.31. The summed E-state index contributed by atoms with van der Waals surface area (Å²) < 4.78 is 7.79. The van der Waals surface area contributed by atoms with Crippen molar-refractivity contribution in [2.45, 2.75) is 32.2 Å². The van der Waals surface area contributed by atoms with Crippen LogP contribution in [0.25, 0.3) is 16.7 Å². The number of ether oxygens (including phenoxy) is 1. The zero-order valence-electron chi connectivity index (χ0n) is 22.6. The Balaban J connectivity index is 1.07. The molecule has 0 atom stereocenters. The lowest BCUT2D eigenvalue weighted by atomic mass is 10.0. The van der Waals surface area contributed by atoms with Gasteiger partial charge in [-0.05, 0) is 56.0 Å². The molecular weight excluding hydrogens is 520 g/mol. The first-order chi connectivity index (χ1) is 20.0. The normalized spacial score (nSPS) is 16.2. The van der Waals surface area contributed by atoms with Crippen molar-refractivity contribution in [2.24, 2.45) is 0 Å². The van der Waals surface area contributed by atoms with Crippen molar-refractivity contribution in [1.82, 2.24) is 39.4 Å². The monoisotopic (exact) mass is 548 g/mol. The van der Waals surface area contributed by atoms with Gasteiger partial charge in [-0.2, -0.15) is 5.10 Å². The molecule has 5 aromatic rings. The molecule has 2 aliphatic heterocycles. The lowest BCUT2D eigenvalue weighted by Crippen LogP contribution is -2.46. The molecule has 1 amide bonds. The molecule has 0 unspecified atom stereocenters. The molecule has 7 rings (SSSR count). The molecule has 12 heteroatoms. The van der Waals surface area contributed by atoms with Crippen molar-refractivity contribution in [3.05, 3.63) is 73.1 Å². The third-order valence-corrected chi connectivity index (χ3v) is 7.69. The van der Waals surface area contributed by atoms with Crippen LogP contribution in [0.4, 0.5) is 17.5 Å². The van der Waals surface area contributed by atoms with Gasteiger partial charge in [-0.3, -0.25) is 4.79 Å². The van der Waals surface area contributed by atoms with Crippen molar-refractivity contribution in [3.8, 4) is 11.5 Å². The zero-order chi connectivity index (χ0) is 27.9. The van der Waals surface area contributed by atoms with Crippen LogP contribution < -0.4 is 15.0 Å². The number of carbonyl (C=O) groups is 1. The maximum atomic E-state index is 12.4. The molecule has 41 heavy (non-hydrogen) atoms. The Morgan fingerprint density at radius 1 is 1.02 bits per heavy atom. The summed E-state index contributed by atoms with van der Waals surface area (Å²) in [5.41, 5.74) is 4.53. The number of anilines is 3. The molecule has 6 heterocycles. The average molecular weight is 549 g/mol. The van der Waals surface area contributed by atoms with Gasteiger partial charge in [-0.15, -0.1) is 0 Å². The van der Waals surface area contributed by atoms with Gasteiger partial charge < -0.3 is 19.9 Å². The molecule has 12 nitrogen and oxygen atoms in total. The second-order valence-electron chi connectivity index (χ2n) is 10.3. The van der Waals surface area contributed by atoms with Gasteiger partial charge in [0, 0.05) is 49.2 Å². The number of pyridine rings is 1. The summed E-state index contributed by atoms with van der Waals surface area (Å²) in [6.45, 7) is 8.20. The Kier molecular flexibility index (Phi) is 6.14. The van der Waals surface area contributed by atoms with Crippen molar-refractivity contribution in [3.63, 3.8) is 0 Å². The molecule has 2 fully saturated rings. The maximum Gasteiger partial charge on any atom is 0.249 e. The van der Waals surface area contributed by atoms with E-state index in [4.69, 9.17) is 9.72 Å². The number of aromatic nitrogens is 7. The number of fused-ring (bicyclic) bond motifs is 2. The molecular formula is C29H28N10O2. The van der Waals surface area contributed by atoms with E-state index in [9.17, 15) is 4.79 Å². The molecule has 2 saturated heterocycles. The first-order valence-corrected chi connectivity index (χ1v) is 13.6. The summed E-state index contributed by atoms with van der Waals surface area (Å²) in [5, 5.41) is 7.51. The van der Waals surface area contributed by atoms with E-state index in [-0.39, 0.29) is 11.9 Å². The Morgan fingerprint density at radius 3 is 2.71 bits per heavy atom. The van der Waals surface area contributed by atoms with E-state index < -0.39 is 0 Å². The summed E-state index contributed by atoms with van der Waals surface area (Å²) in [4.78, 5) is 39.0. The van der Waals surface area contributed by atoms with Crippen LogP contribution in [0.3, 0.4) is 0 Å². The van der Waals surface area contributed by atoms with E-state index in [1.807, 2.05) is 48.4 Å². The number of carbonyl (C=O) groups excluding carboxylic acids is 1. The average Bonchev–Trinajstić information content (AvgIpc) is 3.60. The molecule has 0 spiro atoms. The Bertz CT molecular complexity index is 1790. The first kappa shape index (κ1) is 24.9. The van der Waals surface area contributed by atoms with E-state index in [1.165, 1.54) is 12.7 Å². The lowest BCUT2D eigenvalue weighted by molar-refractivity contribution is -0.127. The minimum atomic E-state index is 0.0986. The van der Waals surface area contributed by atoms with Crippen molar-refractivity contribution in [2.75, 3.05) is 29.9 Å². The summed E-state index contributed by atoms with van der Waals surface area (Å²) in [6, 6.07) is 9.78. The first-order valence-electron chi connectivity index (χ1n) is 13.6. The molecule has 1 aromatic carbocycles. The number of hydrogen-bond donors (Lipinski definition) is 1. The number of likely N-dealkylation sites (tertiary alicyclic amines) is 1. The smallest absolute Gasteiger partial charge is 0.249 e. The number of nitrogens with one attached hydrogen (secondary N) is 1. The van der Waals surface area contributed by atoms with Crippen LogP contribution in [0.1, 0.15) is 24.8 Å². The third-order valence-electron chi connectivity index (χ3n) is 7.69. The number of hydrogen-bond acceptors (Lipinski definition) is 10. The molecule has 0 bridgehead atoms. The number of amides is 1. The van der Waals surface area contributed by atoms with Gasteiger partial charge in [-0.25, -0.2) is 29.4 Å². The molecule has 0 saturated carbocycles. The van der Waals surface area contributed by atoms with Gasteiger partial charge in [-0.1, -0.05) is 6.58 Å². The topological polar surface area (TPSA) is 127 Å². The van der Waals surface area contributed by atoms with Crippen LogP contribution >= 0.6 is 0 Å². The summed E-state index contributed by atoms with van der Waals surface area (Å²) in [6.07, 6.45) is 9.07. The van der Waals surface area contributed by atoms with Gasteiger partial charge in [0.2, 0.25) is 11.9 Å². The van der Waals surface area contributed by atoms with Crippen LogP contribution in [0, 0.1) is 6.92 Å². The molecule has 0 radical (unpaired) electrons. The van der Waals surface area contributed by atoms with E-state index in [2.05, 4.69) is 41.8 Å². The summed E-state index contributed by atoms with van der Waals surface area (Å²) >= 11 is 0. The molecule has 0 aliphatic carbocycles. The van der Waals surface area contributed by atoms with Crippen molar-refractivity contribution in [1.29, 1.82) is 0 Å². The van der Waals surface area contributed by atoms with Crippen LogP contribution in [-0.2, 0) is 4.79 Å². The number of benzene rings is 1. The van der Waals surface area contributed by atoms with E-state index >= 15 is 0 Å². The zero-order valence-corrected chi connectivity index (χ0v) is 22.6. The van der Waals surface area contributed by atoms with Gasteiger partial charge in [0.25, 0.3) is 0 Å². The fourth-order valence-electron chi connectivity index (χ4n) is 5.45. The number of rotatable bonds is 6. The predicted octanol–water partition coefficient (Wildman–Crippen LogP) is 4.06. The second kappa shape index (κ2) is 10.1. The highest BCUT2D eigenvalue weighted by atomic mass is 16.5. The number of aryl methyl sites for hydroxylation is 1. The number of nitrogens with zero attached hydrogens (tertiary/aromatic N) is 9. The quantitative estimate of drug-likeness (QED) is 0.310. The summed E-state index contributed by atoms with van der Waals surface area (Å²) in [5.74, 6) is 2.75. The third kappa shape index (κ3) is 4.77. The fourth-order valence-corrected chi connectivity index (χ4v) is 5.45. The second-order valence-corrected chi connectivity index (χ2v) is 10.3. The van der Waals surface area contributed by atoms with E-state index in [0.717, 1.165) is 55.9 Å². The minimum Gasteiger partial charge on any atom is -0.457 e. The van der Waals surface area contributed by atoms with E-state index in [1.54, 1.807) is 10.7 Å². The van der Waals surface area contributed by atoms with Crippen molar-refractivity contribution >= 4 is 40.0 Å². The molecule has 2 aliphatic rings. The van der Waals surface area contributed by atoms with Gasteiger partial charge in [0.15, 0.2) is 11.5 Å². The standard InChI is InChI=1S/C29H28N10O2/c1-18-5-11-38(28(18)40)21-6-9-37(10-7-21)29-30-15-23-26(36-29)27(33-16-31-23)35-20-3-4-24(19(2)13-20)41-22-8-12-39-25(14-22)32-17-34-39/h3-4,8,12-17,21H,1,5-7,9-11H2,2H3,(H,31,33,35). The summed E-state index contributed by atoms with van der Waals surface area (Å²) in [7, 11) is 0. The molecule has 206 valence electrons. The minimum absolute atomic E-state index is 0.0986. The largest absolute Gasteiger partial charge is 0.457 e. The van der Waals surface area contributed by atoms with Crippen LogP contribution in [0.5, 0.6) is 11.5 Å². The number of piperidine rings is 1. The molecule has 4 aromatic heterocycles. The van der Waals surface area contributed by atoms with Crippen LogP contribution in [0.15, 0.2) is 67.5 Å². The van der Waals surface area contributed by atoms with Gasteiger partial charge in [0.1, 0.15) is 35.2 Å². The van der Waals surface area contributed by atoms with Gasteiger partial charge >= 0.3 is 0 Å². The van der Waals surface area contributed by atoms with E-state index in [0.29, 0.717) is 39.8 Å². The van der Waals surface area contributed by atoms with Crippen molar-refractivity contribution < 1.29 is 9.53 Å². The lowest BCUT2D eigenvalue weighted by Gasteiger charge is -2.36. The highest BCUT2D eigenvalue weighted by Gasteiger charge is 2.33. The highest BCUT2D eigenvalue weighted by molar-refractivity contribution is 5.95. The van der Waals surface area contributed by atoms with Gasteiger partial charge in [0.05, 0.1) is 6.20 Å². The Labute approximate surface area is 235 Å². The SMILES string of the molecule is C=C1CCN(C2CCN(c3ncc4ncnc(Nc5ccc(Oc6ccn7ncnc7c6)c(C)c5)c4n3)CC2)C1=O. The fraction of sp³-hybridized carbons (Fsp3) is 0.276. The predicted molar refractivity (Wildman–Crippen MR) is 153 cm³/mol.